The van der Waals surface area contributed by atoms with Crippen molar-refractivity contribution in [3.8, 4) is 0 Å². The van der Waals surface area contributed by atoms with E-state index >= 15 is 0 Å². The molecule has 0 aromatic heterocycles. The first-order valence-corrected chi connectivity index (χ1v) is 5.80. The lowest BCUT2D eigenvalue weighted by atomic mass is 10.5. The first-order valence-electron chi connectivity index (χ1n) is 4.22. The van der Waals surface area contributed by atoms with Gasteiger partial charge in [0.05, 0.1) is 32.2 Å². The fourth-order valence-corrected chi connectivity index (χ4v) is 2.40. The van der Waals surface area contributed by atoms with Crippen molar-refractivity contribution in [1.29, 1.82) is 0 Å². The Bertz CT molecular complexity index is 120. The van der Waals surface area contributed by atoms with E-state index in [9.17, 15) is 0 Å². The van der Waals surface area contributed by atoms with Crippen LogP contribution in [0.15, 0.2) is 0 Å². The van der Waals surface area contributed by atoms with Crippen LogP contribution in [0.25, 0.3) is 0 Å². The van der Waals surface area contributed by atoms with E-state index in [0.29, 0.717) is 0 Å². The van der Waals surface area contributed by atoms with Crippen molar-refractivity contribution in [3.63, 3.8) is 0 Å². The molecule has 0 heterocycles. The van der Waals surface area contributed by atoms with Crippen molar-refractivity contribution >= 4 is 10.9 Å². The molecule has 0 fully saturated rings. The van der Waals surface area contributed by atoms with E-state index in [2.05, 4.69) is 4.90 Å². The summed E-state index contributed by atoms with van der Waals surface area (Å²) in [6, 6.07) is 0. The Morgan fingerprint density at radius 1 is 1.00 bits per heavy atom. The molecular formula is C8H21NO3S. The Hall–Kier alpha value is 0.190. The van der Waals surface area contributed by atoms with E-state index in [1.54, 1.807) is 21.3 Å². The van der Waals surface area contributed by atoms with Crippen molar-refractivity contribution in [2.75, 3.05) is 47.7 Å². The quantitative estimate of drug-likeness (QED) is 0.637. The van der Waals surface area contributed by atoms with Gasteiger partial charge < -0.3 is 4.90 Å². The molecule has 0 aliphatic carbocycles. The largest absolute Gasteiger partial charge is 0.309 e. The van der Waals surface area contributed by atoms with Gasteiger partial charge >= 0.3 is 0 Å². The third-order valence-corrected chi connectivity index (χ3v) is 4.07. The molecule has 13 heavy (non-hydrogen) atoms. The van der Waals surface area contributed by atoms with E-state index < -0.39 is 10.9 Å². The number of nitrogens with zero attached hydrogens (tertiary/aromatic N) is 1. The van der Waals surface area contributed by atoms with Gasteiger partial charge in [-0.05, 0) is 27.1 Å². The van der Waals surface area contributed by atoms with Gasteiger partial charge in [0.15, 0.2) is 0 Å². The van der Waals surface area contributed by atoms with Gasteiger partial charge in [0, 0.05) is 5.75 Å². The molecule has 0 aromatic carbocycles. The lowest BCUT2D eigenvalue weighted by Crippen LogP contribution is -2.18. The van der Waals surface area contributed by atoms with Gasteiger partial charge in [-0.3, -0.25) is 12.5 Å². The van der Waals surface area contributed by atoms with Crippen LogP contribution in [0.1, 0.15) is 6.42 Å². The highest BCUT2D eigenvalue weighted by Crippen LogP contribution is 2.49. The standard InChI is InChI=1S/C8H21NO3S/c1-9(2)7-6-8-13(10-3,11-4)12-5/h6-8H2,1-5H3. The Morgan fingerprint density at radius 2 is 1.46 bits per heavy atom. The summed E-state index contributed by atoms with van der Waals surface area (Å²) in [7, 11) is 7.23. The molecule has 4 nitrogen and oxygen atoms in total. The number of hydrogen-bond acceptors (Lipinski definition) is 4. The van der Waals surface area contributed by atoms with Crippen LogP contribution in [-0.4, -0.2) is 52.6 Å². The second-order valence-electron chi connectivity index (χ2n) is 2.92. The summed E-state index contributed by atoms with van der Waals surface area (Å²) in [5, 5.41) is 0. The molecule has 0 saturated heterocycles. The molecule has 82 valence electrons. The third-order valence-electron chi connectivity index (χ3n) is 1.76. The summed E-state index contributed by atoms with van der Waals surface area (Å²) in [6.07, 6.45) is 1.01. The Kier molecular flexibility index (Phi) is 6.71. The Balaban J connectivity index is 3.81. The molecule has 0 N–H and O–H groups in total. The second kappa shape index (κ2) is 6.62. The van der Waals surface area contributed by atoms with Gasteiger partial charge in [-0.25, -0.2) is 0 Å². The summed E-state index contributed by atoms with van der Waals surface area (Å²) in [4.78, 5) is 2.13. The monoisotopic (exact) mass is 211 g/mol. The van der Waals surface area contributed by atoms with Crippen LogP contribution >= 0.6 is 10.9 Å². The summed E-state index contributed by atoms with van der Waals surface area (Å²) >= 11 is 0. The molecule has 0 bridgehead atoms. The van der Waals surface area contributed by atoms with Gasteiger partial charge in [-0.1, -0.05) is 0 Å². The van der Waals surface area contributed by atoms with E-state index in [4.69, 9.17) is 12.5 Å². The van der Waals surface area contributed by atoms with Crippen LogP contribution in [-0.2, 0) is 12.5 Å². The molecule has 0 aromatic rings. The summed E-state index contributed by atoms with van der Waals surface area (Å²) in [5.74, 6) is 0.814. The van der Waals surface area contributed by atoms with Crippen LogP contribution in [0.4, 0.5) is 0 Å². The van der Waals surface area contributed by atoms with Gasteiger partial charge in [0.25, 0.3) is 0 Å². The molecular weight excluding hydrogens is 190 g/mol. The van der Waals surface area contributed by atoms with E-state index in [1.165, 1.54) is 0 Å². The van der Waals surface area contributed by atoms with Gasteiger partial charge in [-0.2, -0.15) is 0 Å². The van der Waals surface area contributed by atoms with Crippen molar-refractivity contribution in [3.05, 3.63) is 0 Å². The average molecular weight is 211 g/mol. The average Bonchev–Trinajstić information content (AvgIpc) is 2.13. The fourth-order valence-electron chi connectivity index (χ4n) is 1.01. The summed E-state index contributed by atoms with van der Waals surface area (Å²) < 4.78 is 15.7. The maximum Gasteiger partial charge on any atom is 0.0879 e. The molecule has 0 aliphatic rings. The minimum Gasteiger partial charge on any atom is -0.309 e. The van der Waals surface area contributed by atoms with Gasteiger partial charge in [0.1, 0.15) is 0 Å². The predicted molar refractivity (Wildman–Crippen MR) is 56.7 cm³/mol. The summed E-state index contributed by atoms with van der Waals surface area (Å²) in [6.45, 7) is 1.02. The minimum atomic E-state index is -1.73. The molecule has 0 amide bonds. The van der Waals surface area contributed by atoms with Crippen LogP contribution in [0.5, 0.6) is 0 Å². The van der Waals surface area contributed by atoms with Gasteiger partial charge in [-0.15, -0.1) is 0 Å². The van der Waals surface area contributed by atoms with Crippen LogP contribution in [0, 0.1) is 0 Å². The smallest absolute Gasteiger partial charge is 0.0879 e. The molecule has 0 aliphatic heterocycles. The van der Waals surface area contributed by atoms with E-state index in [1.807, 2.05) is 14.1 Å². The molecule has 0 unspecified atom stereocenters. The number of hydrogen-bond donors (Lipinski definition) is 0. The third kappa shape index (κ3) is 4.83. The van der Waals surface area contributed by atoms with E-state index in [-0.39, 0.29) is 0 Å². The molecule has 0 saturated carbocycles. The first-order chi connectivity index (χ1) is 6.10. The number of rotatable bonds is 7. The maximum atomic E-state index is 5.24. The zero-order chi connectivity index (χ0) is 10.3. The molecule has 0 rings (SSSR count). The molecule has 0 spiro atoms. The van der Waals surface area contributed by atoms with Crippen molar-refractivity contribution in [1.82, 2.24) is 4.90 Å². The van der Waals surface area contributed by atoms with Crippen LogP contribution < -0.4 is 0 Å². The normalized spacial score (nSPS) is 13.7. The first kappa shape index (κ1) is 13.2. The highest BCUT2D eigenvalue weighted by Gasteiger charge is 2.21. The Morgan fingerprint density at radius 3 is 1.77 bits per heavy atom. The van der Waals surface area contributed by atoms with Gasteiger partial charge in [0.2, 0.25) is 0 Å². The highest BCUT2D eigenvalue weighted by atomic mass is 32.3. The SMILES string of the molecule is COS(CCCN(C)C)(OC)OC. The summed E-state index contributed by atoms with van der Waals surface area (Å²) in [5.41, 5.74) is 0. The zero-order valence-corrected chi connectivity index (χ0v) is 10.0. The highest BCUT2D eigenvalue weighted by molar-refractivity contribution is 8.21. The lowest BCUT2D eigenvalue weighted by molar-refractivity contribution is 0.246. The molecule has 0 atom stereocenters. The maximum absolute atomic E-state index is 5.24. The lowest BCUT2D eigenvalue weighted by Gasteiger charge is -2.33. The zero-order valence-electron chi connectivity index (χ0n) is 9.20. The van der Waals surface area contributed by atoms with E-state index in [0.717, 1.165) is 18.7 Å². The molecule has 0 radical (unpaired) electrons. The van der Waals surface area contributed by atoms with Crippen molar-refractivity contribution in [2.45, 2.75) is 6.42 Å². The topological polar surface area (TPSA) is 30.9 Å². The molecule has 5 heteroatoms. The fraction of sp³-hybridized carbons (Fsp3) is 1.00. The predicted octanol–water partition coefficient (Wildman–Crippen LogP) is 1.43. The van der Waals surface area contributed by atoms with Crippen molar-refractivity contribution < 1.29 is 12.5 Å². The second-order valence-corrected chi connectivity index (χ2v) is 5.44. The van der Waals surface area contributed by atoms with Crippen LogP contribution in [0.2, 0.25) is 0 Å². The van der Waals surface area contributed by atoms with Crippen LogP contribution in [0.3, 0.4) is 0 Å². The van der Waals surface area contributed by atoms with Crippen molar-refractivity contribution in [2.24, 2.45) is 0 Å². The Labute approximate surface area is 83.1 Å². The minimum absolute atomic E-state index is 0.814.